The molecule has 132 valence electrons. The van der Waals surface area contributed by atoms with Gasteiger partial charge in [0.05, 0.1) is 13.2 Å². The minimum absolute atomic E-state index is 0.422. The van der Waals surface area contributed by atoms with E-state index in [1.54, 1.807) is 18.9 Å². The van der Waals surface area contributed by atoms with E-state index in [1.165, 1.54) is 19.3 Å². The van der Waals surface area contributed by atoms with Crippen LogP contribution in [-0.2, 0) is 0 Å². The molecule has 2 aromatic rings. The predicted octanol–water partition coefficient (Wildman–Crippen LogP) is 4.71. The van der Waals surface area contributed by atoms with Gasteiger partial charge in [-0.15, -0.1) is 10.2 Å². The number of aromatic nitrogens is 3. The van der Waals surface area contributed by atoms with E-state index < -0.39 is 0 Å². The third kappa shape index (κ3) is 3.98. The van der Waals surface area contributed by atoms with Crippen LogP contribution in [0.4, 0.5) is 0 Å². The lowest BCUT2D eigenvalue weighted by Crippen LogP contribution is -2.22. The molecule has 0 aliphatic heterocycles. The van der Waals surface area contributed by atoms with Crippen LogP contribution in [0, 0.1) is 17.2 Å². The fraction of sp³-hybridized carbons (Fsp3) is 0.526. The number of methoxy groups -OCH3 is 1. The van der Waals surface area contributed by atoms with Crippen molar-refractivity contribution in [1.82, 2.24) is 14.8 Å². The Bertz CT molecular complexity index is 735. The quantitative estimate of drug-likeness (QED) is 0.554. The third-order valence-electron chi connectivity index (χ3n) is 4.86. The van der Waals surface area contributed by atoms with Gasteiger partial charge in [-0.05, 0) is 43.0 Å². The van der Waals surface area contributed by atoms with E-state index in [4.69, 9.17) is 10.00 Å². The molecule has 1 aromatic carbocycles. The van der Waals surface area contributed by atoms with E-state index in [0.29, 0.717) is 18.4 Å². The molecule has 25 heavy (non-hydrogen) atoms. The molecular formula is C19H24N4OS. The lowest BCUT2D eigenvalue weighted by atomic mass is 9.85. The van der Waals surface area contributed by atoms with Gasteiger partial charge >= 0.3 is 0 Å². The van der Waals surface area contributed by atoms with E-state index in [9.17, 15) is 0 Å². The van der Waals surface area contributed by atoms with E-state index in [2.05, 4.69) is 27.8 Å². The number of rotatable bonds is 6. The molecule has 2 atom stereocenters. The van der Waals surface area contributed by atoms with Crippen LogP contribution in [0.3, 0.4) is 0 Å². The molecule has 3 rings (SSSR count). The van der Waals surface area contributed by atoms with Crippen LogP contribution >= 0.6 is 11.8 Å². The molecule has 1 fully saturated rings. The molecule has 1 saturated carbocycles. The molecule has 0 spiro atoms. The molecule has 6 heteroatoms. The van der Waals surface area contributed by atoms with Crippen molar-refractivity contribution in [3.05, 3.63) is 24.3 Å². The van der Waals surface area contributed by atoms with Crippen LogP contribution in [0.2, 0.25) is 0 Å². The predicted molar refractivity (Wildman–Crippen MR) is 99.6 cm³/mol. The molecule has 1 heterocycles. The Balaban J connectivity index is 1.97. The van der Waals surface area contributed by atoms with Gasteiger partial charge < -0.3 is 4.74 Å². The summed E-state index contributed by atoms with van der Waals surface area (Å²) in [5.41, 5.74) is 1.05. The van der Waals surface area contributed by atoms with Crippen molar-refractivity contribution >= 4 is 11.8 Å². The first-order valence-electron chi connectivity index (χ1n) is 8.83. The second kappa shape index (κ2) is 8.39. The van der Waals surface area contributed by atoms with Gasteiger partial charge in [0, 0.05) is 23.8 Å². The second-order valence-corrected chi connectivity index (χ2v) is 7.55. The Morgan fingerprint density at radius 1 is 1.24 bits per heavy atom. The monoisotopic (exact) mass is 356 g/mol. The number of hydrogen-bond acceptors (Lipinski definition) is 5. The van der Waals surface area contributed by atoms with E-state index in [0.717, 1.165) is 34.5 Å². The maximum Gasteiger partial charge on any atom is 0.191 e. The molecule has 1 aromatic heterocycles. The Labute approximate surface area is 153 Å². The molecule has 5 nitrogen and oxygen atoms in total. The number of ether oxygens (including phenoxy) is 1. The Kier molecular flexibility index (Phi) is 5.98. The topological polar surface area (TPSA) is 63.7 Å². The SMILES string of the molecule is COc1ccc(-c2nnc(SCCC#N)n2C2CCCCC2C)cc1. The van der Waals surface area contributed by atoms with Gasteiger partial charge in [-0.3, -0.25) is 4.57 Å². The number of nitriles is 1. The highest BCUT2D eigenvalue weighted by Crippen LogP contribution is 2.39. The smallest absolute Gasteiger partial charge is 0.191 e. The summed E-state index contributed by atoms with van der Waals surface area (Å²) in [7, 11) is 1.67. The molecule has 0 amide bonds. The summed E-state index contributed by atoms with van der Waals surface area (Å²) in [5, 5.41) is 18.7. The first-order valence-corrected chi connectivity index (χ1v) is 9.82. The highest BCUT2D eigenvalue weighted by molar-refractivity contribution is 7.99. The van der Waals surface area contributed by atoms with Gasteiger partial charge in [0.1, 0.15) is 5.75 Å². The van der Waals surface area contributed by atoms with Crippen LogP contribution in [-0.4, -0.2) is 27.6 Å². The number of nitrogens with zero attached hydrogens (tertiary/aromatic N) is 4. The van der Waals surface area contributed by atoms with Crippen molar-refractivity contribution < 1.29 is 4.74 Å². The first kappa shape index (κ1) is 17.8. The minimum Gasteiger partial charge on any atom is -0.497 e. The van der Waals surface area contributed by atoms with Gasteiger partial charge in [0.25, 0.3) is 0 Å². The Morgan fingerprint density at radius 3 is 2.68 bits per heavy atom. The zero-order chi connectivity index (χ0) is 17.6. The summed E-state index contributed by atoms with van der Waals surface area (Å²) in [6.45, 7) is 2.32. The van der Waals surface area contributed by atoms with Crippen LogP contribution in [0.1, 0.15) is 45.1 Å². The van der Waals surface area contributed by atoms with Gasteiger partial charge in [-0.1, -0.05) is 31.5 Å². The molecule has 0 radical (unpaired) electrons. The molecule has 0 N–H and O–H groups in total. The van der Waals surface area contributed by atoms with Gasteiger partial charge in [0.2, 0.25) is 0 Å². The van der Waals surface area contributed by atoms with Gasteiger partial charge in [-0.25, -0.2) is 0 Å². The maximum absolute atomic E-state index is 8.82. The lowest BCUT2D eigenvalue weighted by molar-refractivity contribution is 0.247. The fourth-order valence-electron chi connectivity index (χ4n) is 3.48. The van der Waals surface area contributed by atoms with Gasteiger partial charge in [0.15, 0.2) is 11.0 Å². The molecule has 0 saturated heterocycles. The maximum atomic E-state index is 8.82. The molecular weight excluding hydrogens is 332 g/mol. The van der Waals surface area contributed by atoms with E-state index >= 15 is 0 Å². The van der Waals surface area contributed by atoms with Crippen molar-refractivity contribution in [2.45, 2.75) is 50.2 Å². The Hall–Kier alpha value is -2.00. The summed E-state index contributed by atoms with van der Waals surface area (Å²) in [6.07, 6.45) is 5.48. The number of benzene rings is 1. The van der Waals surface area contributed by atoms with Crippen LogP contribution in [0.5, 0.6) is 5.75 Å². The van der Waals surface area contributed by atoms with Crippen molar-refractivity contribution in [3.8, 4) is 23.2 Å². The average molecular weight is 356 g/mol. The fourth-order valence-corrected chi connectivity index (χ4v) is 4.31. The van der Waals surface area contributed by atoms with E-state index in [1.807, 2.05) is 24.3 Å². The Morgan fingerprint density at radius 2 is 2.00 bits per heavy atom. The summed E-state index contributed by atoms with van der Waals surface area (Å²) >= 11 is 1.63. The van der Waals surface area contributed by atoms with E-state index in [-0.39, 0.29) is 0 Å². The van der Waals surface area contributed by atoms with Crippen molar-refractivity contribution in [3.63, 3.8) is 0 Å². The summed E-state index contributed by atoms with van der Waals surface area (Å²) in [5.74, 6) is 3.11. The number of thioether (sulfide) groups is 1. The first-order chi connectivity index (χ1) is 12.2. The van der Waals surface area contributed by atoms with Crippen LogP contribution in [0.25, 0.3) is 11.4 Å². The zero-order valence-electron chi connectivity index (χ0n) is 14.8. The number of hydrogen-bond donors (Lipinski definition) is 0. The summed E-state index contributed by atoms with van der Waals surface area (Å²) < 4.78 is 7.57. The normalized spacial score (nSPS) is 20.2. The highest BCUT2D eigenvalue weighted by Gasteiger charge is 2.28. The largest absolute Gasteiger partial charge is 0.497 e. The zero-order valence-corrected chi connectivity index (χ0v) is 15.6. The molecule has 0 bridgehead atoms. The summed E-state index contributed by atoms with van der Waals surface area (Å²) in [6, 6.07) is 10.6. The van der Waals surface area contributed by atoms with Crippen molar-refractivity contribution in [1.29, 1.82) is 5.26 Å². The highest BCUT2D eigenvalue weighted by atomic mass is 32.2. The summed E-state index contributed by atoms with van der Waals surface area (Å²) in [4.78, 5) is 0. The minimum atomic E-state index is 0.422. The second-order valence-electron chi connectivity index (χ2n) is 6.49. The molecule has 1 aliphatic carbocycles. The van der Waals surface area contributed by atoms with Crippen molar-refractivity contribution in [2.75, 3.05) is 12.9 Å². The average Bonchev–Trinajstić information content (AvgIpc) is 3.06. The van der Waals surface area contributed by atoms with Crippen LogP contribution in [0.15, 0.2) is 29.4 Å². The van der Waals surface area contributed by atoms with Crippen LogP contribution < -0.4 is 4.74 Å². The van der Waals surface area contributed by atoms with Crippen molar-refractivity contribution in [2.24, 2.45) is 5.92 Å². The lowest BCUT2D eigenvalue weighted by Gasteiger charge is -2.31. The third-order valence-corrected chi connectivity index (χ3v) is 5.80. The molecule has 2 unspecified atom stereocenters. The molecule has 1 aliphatic rings. The standard InChI is InChI=1S/C19H24N4OS/c1-14-6-3-4-7-17(14)23-18(15-8-10-16(24-2)11-9-15)21-22-19(23)25-13-5-12-20/h8-11,14,17H,3-7,13H2,1-2H3. The van der Waals surface area contributed by atoms with Gasteiger partial charge in [-0.2, -0.15) is 5.26 Å².